The first-order chi connectivity index (χ1) is 16.0. The molecular weight excluding hydrogens is 425 g/mol. The number of urea groups is 1. The van der Waals surface area contributed by atoms with E-state index in [-0.39, 0.29) is 24.3 Å². The van der Waals surface area contributed by atoms with E-state index in [1.54, 1.807) is 17.2 Å². The fraction of sp³-hybridized carbons (Fsp3) is 0.292. The molecule has 0 radical (unpaired) electrons. The van der Waals surface area contributed by atoms with E-state index in [1.807, 2.05) is 30.3 Å². The zero-order chi connectivity index (χ0) is 22.9. The molecule has 0 saturated heterocycles. The molecule has 1 aliphatic carbocycles. The summed E-state index contributed by atoms with van der Waals surface area (Å²) < 4.78 is 20.0. The van der Waals surface area contributed by atoms with E-state index in [2.05, 4.69) is 15.3 Å². The number of aromatic nitrogens is 2. The van der Waals surface area contributed by atoms with Crippen molar-refractivity contribution in [2.75, 3.05) is 22.2 Å². The summed E-state index contributed by atoms with van der Waals surface area (Å²) in [5.41, 5.74) is 1.68. The number of methoxy groups -OCH3 is 1. The van der Waals surface area contributed by atoms with Crippen molar-refractivity contribution in [3.8, 4) is 5.75 Å². The first-order valence-electron chi connectivity index (χ1n) is 10.8. The monoisotopic (exact) mass is 449 g/mol. The number of halogens is 1. The third-order valence-corrected chi connectivity index (χ3v) is 6.05. The minimum absolute atomic E-state index is 0.134. The van der Waals surface area contributed by atoms with Crippen LogP contribution in [0.4, 0.5) is 32.3 Å². The minimum atomic E-state index is -0.555. The molecule has 1 saturated carbocycles. The number of hydrogen-bond acceptors (Lipinski definition) is 6. The second-order valence-electron chi connectivity index (χ2n) is 8.21. The van der Waals surface area contributed by atoms with Crippen molar-refractivity contribution in [3.63, 3.8) is 0 Å². The van der Waals surface area contributed by atoms with Crippen LogP contribution in [0.2, 0.25) is 0 Å². The van der Waals surface area contributed by atoms with Crippen molar-refractivity contribution >= 4 is 29.2 Å². The van der Waals surface area contributed by atoms with Gasteiger partial charge in [0.2, 0.25) is 5.95 Å². The summed E-state index contributed by atoms with van der Waals surface area (Å²) in [4.78, 5) is 25.7. The number of ether oxygens (including phenoxy) is 1. The molecule has 1 aliphatic heterocycles. The Morgan fingerprint density at radius 1 is 1.18 bits per heavy atom. The van der Waals surface area contributed by atoms with Crippen molar-refractivity contribution < 1.29 is 19.0 Å². The molecule has 2 amide bonds. The fourth-order valence-corrected chi connectivity index (χ4v) is 4.41. The predicted molar refractivity (Wildman–Crippen MR) is 122 cm³/mol. The van der Waals surface area contributed by atoms with E-state index in [0.717, 1.165) is 5.69 Å². The van der Waals surface area contributed by atoms with Gasteiger partial charge in [-0.05, 0) is 43.5 Å². The van der Waals surface area contributed by atoms with Gasteiger partial charge in [0.25, 0.3) is 0 Å². The van der Waals surface area contributed by atoms with Crippen molar-refractivity contribution in [3.05, 3.63) is 66.1 Å². The fourth-order valence-electron chi connectivity index (χ4n) is 4.41. The van der Waals surface area contributed by atoms with Crippen LogP contribution < -0.4 is 19.9 Å². The SMILES string of the molecule is COc1ccc(N2Cc3cnc(Nc4ccccc4)nc3N(C3CCC(O)C3)C2=O)c(F)c1. The molecule has 2 atom stereocenters. The Kier molecular flexibility index (Phi) is 5.55. The maximum Gasteiger partial charge on any atom is 0.330 e. The van der Waals surface area contributed by atoms with Gasteiger partial charge in [0, 0.05) is 29.6 Å². The van der Waals surface area contributed by atoms with Crippen LogP contribution in [0.3, 0.4) is 0 Å². The van der Waals surface area contributed by atoms with Crippen LogP contribution in [0.25, 0.3) is 0 Å². The van der Waals surface area contributed by atoms with Gasteiger partial charge in [0.1, 0.15) is 11.6 Å². The van der Waals surface area contributed by atoms with E-state index in [0.29, 0.717) is 42.3 Å². The minimum Gasteiger partial charge on any atom is -0.497 e. The number of hydrogen-bond donors (Lipinski definition) is 2. The van der Waals surface area contributed by atoms with Gasteiger partial charge in [0.15, 0.2) is 5.82 Å². The Bertz CT molecular complexity index is 1180. The number of rotatable bonds is 5. The van der Waals surface area contributed by atoms with Crippen LogP contribution in [-0.2, 0) is 6.54 Å². The molecule has 1 fully saturated rings. The van der Waals surface area contributed by atoms with Crippen LogP contribution in [0, 0.1) is 5.82 Å². The summed E-state index contributed by atoms with van der Waals surface area (Å²) in [5.74, 6) is 0.663. The molecule has 2 aliphatic rings. The molecule has 3 aromatic rings. The van der Waals surface area contributed by atoms with Crippen molar-refractivity contribution in [1.82, 2.24) is 9.97 Å². The third kappa shape index (κ3) is 4.07. The molecule has 170 valence electrons. The molecule has 2 aromatic carbocycles. The second-order valence-corrected chi connectivity index (χ2v) is 8.21. The summed E-state index contributed by atoms with van der Waals surface area (Å²) in [5, 5.41) is 13.3. The van der Waals surface area contributed by atoms with Crippen molar-refractivity contribution in [2.45, 2.75) is 38.0 Å². The van der Waals surface area contributed by atoms with Gasteiger partial charge in [-0.25, -0.2) is 14.2 Å². The topological polar surface area (TPSA) is 90.8 Å². The number of amides is 2. The number of para-hydroxylation sites is 1. The van der Waals surface area contributed by atoms with Gasteiger partial charge in [0.05, 0.1) is 25.4 Å². The van der Waals surface area contributed by atoms with E-state index in [4.69, 9.17) is 4.74 Å². The van der Waals surface area contributed by atoms with Gasteiger partial charge < -0.3 is 15.2 Å². The van der Waals surface area contributed by atoms with Gasteiger partial charge in [-0.3, -0.25) is 9.80 Å². The first kappa shape index (κ1) is 21.1. The number of benzene rings is 2. The molecule has 0 bridgehead atoms. The smallest absolute Gasteiger partial charge is 0.330 e. The van der Waals surface area contributed by atoms with Crippen molar-refractivity contribution in [1.29, 1.82) is 0 Å². The van der Waals surface area contributed by atoms with Crippen molar-refractivity contribution in [2.24, 2.45) is 0 Å². The standard InChI is InChI=1S/C24H24FN5O3/c1-33-19-9-10-21(20(25)12-19)29-14-15-13-26-23(27-16-5-3-2-4-6-16)28-22(15)30(24(29)32)17-7-8-18(31)11-17/h2-6,9-10,12-13,17-18,31H,7-8,11,14H2,1H3,(H,26,27,28). The highest BCUT2D eigenvalue weighted by Crippen LogP contribution is 2.37. The Morgan fingerprint density at radius 3 is 2.70 bits per heavy atom. The maximum absolute atomic E-state index is 14.9. The lowest BCUT2D eigenvalue weighted by atomic mass is 10.1. The maximum atomic E-state index is 14.9. The van der Waals surface area contributed by atoms with E-state index in [1.165, 1.54) is 24.1 Å². The quantitative estimate of drug-likeness (QED) is 0.606. The van der Waals surface area contributed by atoms with Crippen LogP contribution in [-0.4, -0.2) is 40.4 Å². The second kappa shape index (κ2) is 8.67. The van der Waals surface area contributed by atoms with Gasteiger partial charge in [-0.15, -0.1) is 0 Å². The lowest BCUT2D eigenvalue weighted by Gasteiger charge is -2.39. The third-order valence-electron chi connectivity index (χ3n) is 6.05. The van der Waals surface area contributed by atoms with E-state index >= 15 is 0 Å². The number of anilines is 4. The normalized spacial score (nSPS) is 20.0. The largest absolute Gasteiger partial charge is 0.497 e. The van der Waals surface area contributed by atoms with Crippen LogP contribution in [0.1, 0.15) is 24.8 Å². The highest BCUT2D eigenvalue weighted by atomic mass is 19.1. The number of aliphatic hydroxyl groups excluding tert-OH is 1. The Labute approximate surface area is 190 Å². The zero-order valence-electron chi connectivity index (χ0n) is 18.1. The molecule has 5 rings (SSSR count). The Morgan fingerprint density at radius 2 is 2.00 bits per heavy atom. The van der Waals surface area contributed by atoms with Crippen LogP contribution in [0.15, 0.2) is 54.7 Å². The number of nitrogens with one attached hydrogen (secondary N) is 1. The van der Waals surface area contributed by atoms with E-state index in [9.17, 15) is 14.3 Å². The number of carbonyl (C=O) groups excluding carboxylic acids is 1. The Hall–Kier alpha value is -3.72. The highest BCUT2D eigenvalue weighted by Gasteiger charge is 2.41. The summed E-state index contributed by atoms with van der Waals surface area (Å²) in [6.45, 7) is 0.134. The lowest BCUT2D eigenvalue weighted by Crippen LogP contribution is -2.52. The highest BCUT2D eigenvalue weighted by molar-refractivity contribution is 6.06. The van der Waals surface area contributed by atoms with Crippen LogP contribution >= 0.6 is 0 Å². The zero-order valence-corrected chi connectivity index (χ0v) is 18.1. The van der Waals surface area contributed by atoms with E-state index < -0.39 is 11.9 Å². The summed E-state index contributed by atoms with van der Waals surface area (Å²) in [7, 11) is 1.46. The number of fused-ring (bicyclic) bond motifs is 1. The molecule has 2 unspecified atom stereocenters. The molecule has 1 aromatic heterocycles. The molecule has 2 heterocycles. The summed E-state index contributed by atoms with van der Waals surface area (Å²) in [6, 6.07) is 13.3. The number of aliphatic hydroxyl groups is 1. The average Bonchev–Trinajstić information content (AvgIpc) is 3.25. The summed E-state index contributed by atoms with van der Waals surface area (Å²) in [6.07, 6.45) is 2.85. The average molecular weight is 449 g/mol. The molecule has 9 heteroatoms. The van der Waals surface area contributed by atoms with Crippen LogP contribution in [0.5, 0.6) is 5.75 Å². The number of nitrogens with zero attached hydrogens (tertiary/aromatic N) is 4. The molecule has 33 heavy (non-hydrogen) atoms. The number of carbonyl (C=O) groups is 1. The van der Waals surface area contributed by atoms with Gasteiger partial charge >= 0.3 is 6.03 Å². The summed E-state index contributed by atoms with van der Waals surface area (Å²) >= 11 is 0. The molecule has 0 spiro atoms. The van der Waals surface area contributed by atoms with Gasteiger partial charge in [-0.2, -0.15) is 4.98 Å². The predicted octanol–water partition coefficient (Wildman–Crippen LogP) is 4.23. The molecule has 2 N–H and O–H groups in total. The molecule has 8 nitrogen and oxygen atoms in total. The lowest BCUT2D eigenvalue weighted by molar-refractivity contribution is 0.181. The van der Waals surface area contributed by atoms with Gasteiger partial charge in [-0.1, -0.05) is 18.2 Å². The first-order valence-corrected chi connectivity index (χ1v) is 10.8. The molecular formula is C24H24FN5O3. The Balaban J connectivity index is 1.54.